The molecule has 0 saturated carbocycles. The number of thiazole rings is 1. The topological polar surface area (TPSA) is 86.1 Å². The molecule has 1 N–H and O–H groups in total. The van der Waals surface area contributed by atoms with Crippen LogP contribution in [0.1, 0.15) is 20.9 Å². The molecule has 1 unspecified atom stereocenters. The van der Waals surface area contributed by atoms with E-state index in [1.165, 1.54) is 11.3 Å². The van der Waals surface area contributed by atoms with Crippen LogP contribution in [0, 0.1) is 18.3 Å². The summed E-state index contributed by atoms with van der Waals surface area (Å²) in [6.07, 6.45) is 0. The predicted molar refractivity (Wildman–Crippen MR) is 119 cm³/mol. The highest BCUT2D eigenvalue weighted by atomic mass is 32.2. The van der Waals surface area contributed by atoms with Gasteiger partial charge in [0.1, 0.15) is 15.9 Å². The second-order valence-electron chi connectivity index (χ2n) is 6.77. The van der Waals surface area contributed by atoms with Crippen LogP contribution in [-0.2, 0) is 4.79 Å². The Hall–Kier alpha value is -3.15. The van der Waals surface area contributed by atoms with Crippen molar-refractivity contribution in [2.45, 2.75) is 13.0 Å². The van der Waals surface area contributed by atoms with Crippen molar-refractivity contribution in [3.05, 3.63) is 70.7 Å². The predicted octanol–water partition coefficient (Wildman–Crippen LogP) is 4.14. The summed E-state index contributed by atoms with van der Waals surface area (Å²) in [5.41, 5.74) is 2.77. The van der Waals surface area contributed by atoms with Gasteiger partial charge in [0, 0.05) is 17.0 Å². The monoisotopic (exact) mass is 434 g/mol. The number of nitrogens with zero attached hydrogens (tertiary/aromatic N) is 3. The number of thioether (sulfide) groups is 1. The molecule has 1 aliphatic heterocycles. The third kappa shape index (κ3) is 4.08. The molecule has 8 heteroatoms. The Morgan fingerprint density at radius 2 is 1.90 bits per heavy atom. The van der Waals surface area contributed by atoms with Gasteiger partial charge in [0.05, 0.1) is 23.2 Å². The van der Waals surface area contributed by atoms with Crippen LogP contribution in [0.4, 0.5) is 5.69 Å². The lowest BCUT2D eigenvalue weighted by Gasteiger charge is -2.22. The molecule has 1 saturated heterocycles. The van der Waals surface area contributed by atoms with E-state index in [1.807, 2.05) is 43.3 Å². The minimum atomic E-state index is -0.556. The van der Waals surface area contributed by atoms with Gasteiger partial charge in [-0.2, -0.15) is 5.26 Å². The molecule has 0 aliphatic carbocycles. The van der Waals surface area contributed by atoms with Crippen molar-refractivity contribution >= 4 is 40.6 Å². The van der Waals surface area contributed by atoms with E-state index in [2.05, 4.69) is 10.3 Å². The van der Waals surface area contributed by atoms with Crippen LogP contribution in [0.5, 0.6) is 0 Å². The number of nitriles is 1. The number of amides is 2. The molecule has 1 atom stereocenters. The van der Waals surface area contributed by atoms with Crippen molar-refractivity contribution in [1.29, 1.82) is 5.26 Å². The highest BCUT2D eigenvalue weighted by Crippen LogP contribution is 2.31. The number of hydrogen-bond donors (Lipinski definition) is 1. The van der Waals surface area contributed by atoms with E-state index < -0.39 is 6.04 Å². The number of anilines is 1. The lowest BCUT2D eigenvalue weighted by Crippen LogP contribution is -2.44. The van der Waals surface area contributed by atoms with Crippen LogP contribution in [-0.4, -0.2) is 39.4 Å². The van der Waals surface area contributed by atoms with Gasteiger partial charge in [-0.05, 0) is 31.2 Å². The van der Waals surface area contributed by atoms with Gasteiger partial charge in [-0.1, -0.05) is 30.3 Å². The number of nitrogens with one attached hydrogen (secondary N) is 1. The summed E-state index contributed by atoms with van der Waals surface area (Å²) < 4.78 is 0. The number of aromatic nitrogens is 1. The lowest BCUT2D eigenvalue weighted by atomic mass is 10.2. The Morgan fingerprint density at radius 3 is 2.60 bits per heavy atom. The third-order valence-corrected chi connectivity index (χ3v) is 6.95. The van der Waals surface area contributed by atoms with Crippen LogP contribution in [0.3, 0.4) is 0 Å². The molecule has 1 aliphatic rings. The molecular formula is C22H18N4O2S2. The maximum atomic E-state index is 13.2. The third-order valence-electron chi connectivity index (χ3n) is 4.74. The first-order valence-electron chi connectivity index (χ1n) is 9.29. The van der Waals surface area contributed by atoms with E-state index in [-0.39, 0.29) is 11.8 Å². The van der Waals surface area contributed by atoms with Crippen LogP contribution in [0.2, 0.25) is 0 Å². The Morgan fingerprint density at radius 1 is 1.17 bits per heavy atom. The van der Waals surface area contributed by atoms with E-state index in [1.54, 1.807) is 40.9 Å². The summed E-state index contributed by atoms with van der Waals surface area (Å²) in [5, 5.41) is 12.5. The first-order chi connectivity index (χ1) is 14.6. The highest BCUT2D eigenvalue weighted by molar-refractivity contribution is 7.99. The first kappa shape index (κ1) is 20.1. The van der Waals surface area contributed by atoms with Gasteiger partial charge in [0.25, 0.3) is 5.91 Å². The molecule has 6 nitrogen and oxygen atoms in total. The molecule has 0 bridgehead atoms. The average molecular weight is 435 g/mol. The minimum Gasteiger partial charge on any atom is -0.324 e. The molecule has 1 fully saturated rings. The molecule has 0 spiro atoms. The lowest BCUT2D eigenvalue weighted by molar-refractivity contribution is -0.119. The maximum absolute atomic E-state index is 13.2. The van der Waals surface area contributed by atoms with Gasteiger partial charge >= 0.3 is 0 Å². The fraction of sp³-hybridized carbons (Fsp3) is 0.182. The number of hydrogen-bond acceptors (Lipinski definition) is 6. The zero-order valence-corrected chi connectivity index (χ0v) is 17.8. The molecule has 150 valence electrons. The molecular weight excluding hydrogens is 416 g/mol. The number of aryl methyl sites for hydroxylation is 1. The smallest absolute Gasteiger partial charge is 0.267 e. The van der Waals surface area contributed by atoms with Gasteiger partial charge in [-0.25, -0.2) is 4.98 Å². The van der Waals surface area contributed by atoms with Gasteiger partial charge in [-0.3, -0.25) is 9.59 Å². The van der Waals surface area contributed by atoms with E-state index in [0.717, 1.165) is 10.6 Å². The molecule has 2 aromatic carbocycles. The summed E-state index contributed by atoms with van der Waals surface area (Å²) in [7, 11) is 0. The van der Waals surface area contributed by atoms with E-state index >= 15 is 0 Å². The number of benzene rings is 2. The number of carbonyl (C=O) groups is 2. The van der Waals surface area contributed by atoms with Crippen molar-refractivity contribution in [2.75, 3.05) is 16.9 Å². The zero-order valence-electron chi connectivity index (χ0n) is 16.2. The second-order valence-corrected chi connectivity index (χ2v) is 8.77. The standard InChI is InChI=1S/C22H18N4O2S2/c1-14-19(30-21(24-14)16-5-3-2-4-6-16)22(28)26-13-29-12-18(26)20(27)25-17-9-7-15(11-23)8-10-17/h2-10,18H,12-13H2,1H3,(H,25,27). The fourth-order valence-corrected chi connectivity index (χ4v) is 5.32. The largest absolute Gasteiger partial charge is 0.324 e. The fourth-order valence-electron chi connectivity index (χ4n) is 3.14. The number of rotatable bonds is 4. The maximum Gasteiger partial charge on any atom is 0.267 e. The summed E-state index contributed by atoms with van der Waals surface area (Å²) in [4.78, 5) is 32.8. The molecule has 2 heterocycles. The SMILES string of the molecule is Cc1nc(-c2ccccc2)sc1C(=O)N1CSCC1C(=O)Nc1ccc(C#N)cc1. The van der Waals surface area contributed by atoms with Crippen molar-refractivity contribution < 1.29 is 9.59 Å². The van der Waals surface area contributed by atoms with Gasteiger partial charge in [0.15, 0.2) is 0 Å². The molecule has 30 heavy (non-hydrogen) atoms. The Bertz CT molecular complexity index is 1120. The number of carbonyl (C=O) groups excluding carboxylic acids is 2. The first-order valence-corrected chi connectivity index (χ1v) is 11.3. The molecule has 2 amide bonds. The van der Waals surface area contributed by atoms with Crippen LogP contribution >= 0.6 is 23.1 Å². The average Bonchev–Trinajstić information content (AvgIpc) is 3.41. The zero-order chi connectivity index (χ0) is 21.1. The van der Waals surface area contributed by atoms with Gasteiger partial charge in [0.2, 0.25) is 5.91 Å². The van der Waals surface area contributed by atoms with Crippen molar-refractivity contribution in [1.82, 2.24) is 9.88 Å². The highest BCUT2D eigenvalue weighted by Gasteiger charge is 2.36. The summed E-state index contributed by atoms with van der Waals surface area (Å²) >= 11 is 2.91. The van der Waals surface area contributed by atoms with Crippen LogP contribution in [0.25, 0.3) is 10.6 Å². The Balaban J connectivity index is 1.51. The second kappa shape index (κ2) is 8.69. The summed E-state index contributed by atoms with van der Waals surface area (Å²) in [6.45, 7) is 1.82. The Labute approximate surface area is 182 Å². The molecule has 1 aromatic heterocycles. The Kier molecular flexibility index (Phi) is 5.84. The summed E-state index contributed by atoms with van der Waals surface area (Å²) in [6, 6.07) is 17.9. The van der Waals surface area contributed by atoms with E-state index in [0.29, 0.717) is 33.5 Å². The van der Waals surface area contributed by atoms with Crippen molar-refractivity contribution in [3.8, 4) is 16.6 Å². The van der Waals surface area contributed by atoms with Crippen molar-refractivity contribution in [2.24, 2.45) is 0 Å². The summed E-state index contributed by atoms with van der Waals surface area (Å²) in [5.74, 6) is 0.597. The molecule has 4 rings (SSSR count). The van der Waals surface area contributed by atoms with Crippen LogP contribution < -0.4 is 5.32 Å². The van der Waals surface area contributed by atoms with E-state index in [4.69, 9.17) is 5.26 Å². The van der Waals surface area contributed by atoms with Gasteiger partial charge in [-0.15, -0.1) is 23.1 Å². The molecule has 0 radical (unpaired) electrons. The van der Waals surface area contributed by atoms with Crippen molar-refractivity contribution in [3.63, 3.8) is 0 Å². The normalized spacial score (nSPS) is 15.6. The van der Waals surface area contributed by atoms with Gasteiger partial charge < -0.3 is 10.2 Å². The minimum absolute atomic E-state index is 0.169. The quantitative estimate of drug-likeness (QED) is 0.667. The molecule has 3 aromatic rings. The van der Waals surface area contributed by atoms with Crippen LogP contribution in [0.15, 0.2) is 54.6 Å². The van der Waals surface area contributed by atoms with E-state index in [9.17, 15) is 9.59 Å².